The van der Waals surface area contributed by atoms with E-state index in [-0.39, 0.29) is 5.92 Å². The number of hydrogen-bond acceptors (Lipinski definition) is 2. The molecule has 2 nitrogen and oxygen atoms in total. The lowest BCUT2D eigenvalue weighted by Gasteiger charge is -2.37. The third kappa shape index (κ3) is 2.54. The summed E-state index contributed by atoms with van der Waals surface area (Å²) in [5, 5.41) is 0.586. The molecule has 0 aromatic rings. The highest BCUT2D eigenvalue weighted by molar-refractivity contribution is 7.86. The van der Waals surface area contributed by atoms with Crippen molar-refractivity contribution in [3.8, 4) is 0 Å². The van der Waals surface area contributed by atoms with Crippen molar-refractivity contribution in [1.82, 2.24) is 0 Å². The van der Waals surface area contributed by atoms with Gasteiger partial charge in [0, 0.05) is 27.2 Å². The lowest BCUT2D eigenvalue weighted by molar-refractivity contribution is -0.119. The van der Waals surface area contributed by atoms with Crippen LogP contribution >= 0.6 is 0 Å². The molecule has 0 amide bonds. The molecular weight excluding hydrogens is 232 g/mol. The molecule has 3 heteroatoms. The van der Waals surface area contributed by atoms with Crippen molar-refractivity contribution in [2.45, 2.75) is 63.4 Å². The van der Waals surface area contributed by atoms with Gasteiger partial charge >= 0.3 is 0 Å². The van der Waals surface area contributed by atoms with Crippen LogP contribution < -0.4 is 0 Å². The van der Waals surface area contributed by atoms with Crippen LogP contribution in [0.25, 0.3) is 0 Å². The number of fused-ring (bicyclic) bond motifs is 2. The Bertz CT molecular complexity index is 364. The van der Waals surface area contributed by atoms with Gasteiger partial charge in [0.2, 0.25) is 0 Å². The molecule has 2 unspecified atom stereocenters. The number of carbonyl (C=O) groups is 1. The smallest absolute Gasteiger partial charge is 0.161 e. The van der Waals surface area contributed by atoms with Crippen molar-refractivity contribution >= 4 is 16.6 Å². The quantitative estimate of drug-likeness (QED) is 0.710. The molecule has 0 aliphatic carbocycles. The van der Waals surface area contributed by atoms with Gasteiger partial charge in [-0.1, -0.05) is 12.0 Å². The van der Waals surface area contributed by atoms with Gasteiger partial charge in [0.15, 0.2) is 5.78 Å². The molecule has 17 heavy (non-hydrogen) atoms. The number of Topliss-reactive ketones (excluding diaryl/α,β-unsaturated/α-hetero) is 1. The summed E-state index contributed by atoms with van der Waals surface area (Å²) >= 11 is 0. The highest BCUT2D eigenvalue weighted by Crippen LogP contribution is 2.38. The van der Waals surface area contributed by atoms with E-state index in [2.05, 4.69) is 0 Å². The molecule has 0 spiro atoms. The first kappa shape index (κ1) is 13.0. The first-order valence-corrected chi connectivity index (χ1v) is 7.86. The minimum atomic E-state index is -0.665. The van der Waals surface area contributed by atoms with E-state index < -0.39 is 10.8 Å². The second kappa shape index (κ2) is 5.05. The van der Waals surface area contributed by atoms with Gasteiger partial charge in [0.1, 0.15) is 0 Å². The molecule has 0 aromatic carbocycles. The number of ketones is 1. The SMILES string of the molecule is CC(C)=C(C)C(=O)C1CC2CCCC(C1)S2=O. The fourth-order valence-corrected chi connectivity index (χ4v) is 5.19. The Morgan fingerprint density at radius 1 is 1.06 bits per heavy atom. The van der Waals surface area contributed by atoms with Crippen LogP contribution in [0.15, 0.2) is 11.1 Å². The summed E-state index contributed by atoms with van der Waals surface area (Å²) in [6.07, 6.45) is 5.02. The maximum absolute atomic E-state index is 12.3. The summed E-state index contributed by atoms with van der Waals surface area (Å²) in [5.74, 6) is 0.441. The molecule has 0 N–H and O–H groups in total. The molecular formula is C14H22O2S. The van der Waals surface area contributed by atoms with Crippen LogP contribution in [0.4, 0.5) is 0 Å². The van der Waals surface area contributed by atoms with Crippen LogP contribution in [-0.4, -0.2) is 20.5 Å². The summed E-state index contributed by atoms with van der Waals surface area (Å²) in [5.41, 5.74) is 2.03. The summed E-state index contributed by atoms with van der Waals surface area (Å²) in [4.78, 5) is 12.3. The van der Waals surface area contributed by atoms with Crippen molar-refractivity contribution in [2.75, 3.05) is 0 Å². The van der Waals surface area contributed by atoms with Crippen LogP contribution in [-0.2, 0) is 15.6 Å². The van der Waals surface area contributed by atoms with E-state index in [0.717, 1.165) is 36.8 Å². The Kier molecular flexibility index (Phi) is 3.86. The first-order chi connectivity index (χ1) is 8.00. The molecule has 2 aliphatic rings. The third-order valence-corrected chi connectivity index (χ3v) is 6.46. The summed E-state index contributed by atoms with van der Waals surface area (Å²) in [6.45, 7) is 5.92. The van der Waals surface area contributed by atoms with Crippen LogP contribution in [0.2, 0.25) is 0 Å². The Morgan fingerprint density at radius 2 is 1.59 bits per heavy atom. The van der Waals surface area contributed by atoms with Gasteiger partial charge in [-0.25, -0.2) is 0 Å². The minimum Gasteiger partial charge on any atom is -0.294 e. The Hall–Kier alpha value is -0.440. The second-order valence-corrected chi connectivity index (χ2v) is 7.65. The summed E-state index contributed by atoms with van der Waals surface area (Å²) < 4.78 is 12.1. The number of rotatable bonds is 2. The van der Waals surface area contributed by atoms with E-state index in [1.54, 1.807) is 0 Å². The zero-order chi connectivity index (χ0) is 12.6. The second-order valence-electron chi connectivity index (χ2n) is 5.66. The first-order valence-electron chi connectivity index (χ1n) is 6.58. The normalized spacial score (nSPS) is 36.4. The predicted octanol–water partition coefficient (Wildman–Crippen LogP) is 2.99. The average molecular weight is 254 g/mol. The molecule has 2 bridgehead atoms. The Morgan fingerprint density at radius 3 is 2.06 bits per heavy atom. The fourth-order valence-electron chi connectivity index (χ4n) is 3.00. The molecule has 2 fully saturated rings. The highest BCUT2D eigenvalue weighted by Gasteiger charge is 2.40. The number of allylic oxidation sites excluding steroid dienone is 2. The summed E-state index contributed by atoms with van der Waals surface area (Å²) in [7, 11) is -0.665. The van der Waals surface area contributed by atoms with Crippen molar-refractivity contribution < 1.29 is 9.00 Å². The van der Waals surface area contributed by atoms with Crippen LogP contribution in [0.1, 0.15) is 52.9 Å². The molecule has 0 saturated carbocycles. The maximum atomic E-state index is 12.3. The van der Waals surface area contributed by atoms with Crippen LogP contribution in [0, 0.1) is 5.92 Å². The molecule has 2 atom stereocenters. The topological polar surface area (TPSA) is 34.1 Å². The van der Waals surface area contributed by atoms with Gasteiger partial charge < -0.3 is 0 Å². The predicted molar refractivity (Wildman–Crippen MR) is 71.3 cm³/mol. The lowest BCUT2D eigenvalue weighted by atomic mass is 9.84. The van der Waals surface area contributed by atoms with Gasteiger partial charge in [-0.3, -0.25) is 9.00 Å². The molecule has 2 saturated heterocycles. The van der Waals surface area contributed by atoms with E-state index in [0.29, 0.717) is 16.3 Å². The van der Waals surface area contributed by atoms with E-state index in [9.17, 15) is 9.00 Å². The number of hydrogen-bond donors (Lipinski definition) is 0. The van der Waals surface area contributed by atoms with Gasteiger partial charge in [0.25, 0.3) is 0 Å². The van der Waals surface area contributed by atoms with Crippen molar-refractivity contribution in [3.63, 3.8) is 0 Å². The zero-order valence-electron chi connectivity index (χ0n) is 11.0. The largest absolute Gasteiger partial charge is 0.294 e. The van der Waals surface area contributed by atoms with Gasteiger partial charge in [0.05, 0.1) is 0 Å². The standard InChI is InChI=1S/C14H22O2S/c1-9(2)10(3)14(15)11-7-12-5-4-6-13(8-11)17(12)16/h11-13H,4-8H2,1-3H3. The monoisotopic (exact) mass is 254 g/mol. The Labute approximate surface area is 106 Å². The van der Waals surface area contributed by atoms with E-state index in [4.69, 9.17) is 0 Å². The van der Waals surface area contributed by atoms with Crippen molar-refractivity contribution in [3.05, 3.63) is 11.1 Å². The van der Waals surface area contributed by atoms with E-state index in [1.165, 1.54) is 6.42 Å². The van der Waals surface area contributed by atoms with Gasteiger partial charge in [-0.2, -0.15) is 0 Å². The lowest BCUT2D eigenvalue weighted by Crippen LogP contribution is -2.41. The maximum Gasteiger partial charge on any atom is 0.161 e. The minimum absolute atomic E-state index is 0.137. The van der Waals surface area contributed by atoms with Gasteiger partial charge in [-0.15, -0.1) is 0 Å². The highest BCUT2D eigenvalue weighted by atomic mass is 32.2. The number of carbonyl (C=O) groups excluding carboxylic acids is 1. The molecule has 2 rings (SSSR count). The van der Waals surface area contributed by atoms with Crippen LogP contribution in [0.3, 0.4) is 0 Å². The molecule has 96 valence electrons. The third-order valence-electron chi connectivity index (χ3n) is 4.29. The van der Waals surface area contributed by atoms with E-state index >= 15 is 0 Å². The Balaban J connectivity index is 2.13. The zero-order valence-corrected chi connectivity index (χ0v) is 11.8. The molecule has 2 aliphatic heterocycles. The van der Waals surface area contributed by atoms with Crippen LogP contribution in [0.5, 0.6) is 0 Å². The summed E-state index contributed by atoms with van der Waals surface area (Å²) in [6, 6.07) is 0. The molecule has 0 radical (unpaired) electrons. The van der Waals surface area contributed by atoms with Gasteiger partial charge in [-0.05, 0) is 52.0 Å². The average Bonchev–Trinajstić information content (AvgIpc) is 2.26. The van der Waals surface area contributed by atoms with E-state index in [1.807, 2.05) is 20.8 Å². The fraction of sp³-hybridized carbons (Fsp3) is 0.786. The van der Waals surface area contributed by atoms with Crippen molar-refractivity contribution in [2.24, 2.45) is 5.92 Å². The molecule has 0 aromatic heterocycles. The van der Waals surface area contributed by atoms with Crippen molar-refractivity contribution in [1.29, 1.82) is 0 Å². The molecule has 2 heterocycles.